The maximum absolute atomic E-state index is 12.8. The average molecular weight is 487 g/mol. The molecular formula is C29H30N2O5. The first-order valence-electron chi connectivity index (χ1n) is 11.7. The van der Waals surface area contributed by atoms with Crippen LogP contribution in [0.4, 0.5) is 10.5 Å². The normalized spacial score (nSPS) is 11.4. The molecule has 0 fully saturated rings. The van der Waals surface area contributed by atoms with Crippen molar-refractivity contribution in [1.82, 2.24) is 4.57 Å². The Kier molecular flexibility index (Phi) is 6.75. The molecule has 4 aromatic rings. The molecule has 1 heterocycles. The van der Waals surface area contributed by atoms with Gasteiger partial charge in [-0.15, -0.1) is 0 Å². The van der Waals surface area contributed by atoms with Crippen molar-refractivity contribution in [3.05, 3.63) is 89.1 Å². The predicted molar refractivity (Wildman–Crippen MR) is 141 cm³/mol. The van der Waals surface area contributed by atoms with Gasteiger partial charge in [-0.3, -0.25) is 5.32 Å². The Hall–Kier alpha value is -4.26. The lowest BCUT2D eigenvalue weighted by atomic mass is 10.0. The number of aryl methyl sites for hydroxylation is 1. The molecule has 0 aliphatic heterocycles. The number of para-hydroxylation sites is 3. The molecular weight excluding hydrogens is 456 g/mol. The zero-order chi connectivity index (χ0) is 26.0. The van der Waals surface area contributed by atoms with Crippen LogP contribution in [0, 0.1) is 6.92 Å². The first-order valence-corrected chi connectivity index (χ1v) is 11.7. The number of nitrogens with one attached hydrogen (secondary N) is 1. The molecule has 186 valence electrons. The molecule has 2 N–H and O–H groups in total. The molecule has 0 atom stereocenters. The largest absolute Gasteiger partial charge is 0.496 e. The molecule has 7 nitrogen and oxygen atoms in total. The summed E-state index contributed by atoms with van der Waals surface area (Å²) in [5, 5.41) is 14.1. The number of carbonyl (C=O) groups excluding carboxylic acids is 1. The summed E-state index contributed by atoms with van der Waals surface area (Å²) in [5.41, 5.74) is 3.54. The number of rotatable bonds is 6. The standard InChI is InChI=1S/C29H30N2O5/c1-18-11-10-14-22(30-28(34)36-29(2,3)4)25(18)31-23-15-8-7-13-20(23)21(26(31)27(32)33)17-19-12-6-9-16-24(19)35-5/h6-16H,17H2,1-5H3,(H,30,34)(H,32,33). The molecule has 36 heavy (non-hydrogen) atoms. The number of ether oxygens (including phenoxy) is 2. The lowest BCUT2D eigenvalue weighted by Crippen LogP contribution is -2.27. The Morgan fingerprint density at radius 3 is 2.36 bits per heavy atom. The highest BCUT2D eigenvalue weighted by Crippen LogP contribution is 2.36. The third-order valence-electron chi connectivity index (χ3n) is 5.84. The van der Waals surface area contributed by atoms with E-state index in [-0.39, 0.29) is 5.69 Å². The average Bonchev–Trinajstić information content (AvgIpc) is 3.12. The minimum Gasteiger partial charge on any atom is -0.496 e. The summed E-state index contributed by atoms with van der Waals surface area (Å²) in [4.78, 5) is 25.4. The van der Waals surface area contributed by atoms with Gasteiger partial charge in [-0.05, 0) is 62.6 Å². The number of hydrogen-bond donors (Lipinski definition) is 2. The third-order valence-corrected chi connectivity index (χ3v) is 5.84. The van der Waals surface area contributed by atoms with Crippen molar-refractivity contribution in [3.63, 3.8) is 0 Å². The number of benzene rings is 3. The number of fused-ring (bicyclic) bond motifs is 1. The third kappa shape index (κ3) is 4.91. The molecule has 0 spiro atoms. The summed E-state index contributed by atoms with van der Waals surface area (Å²) in [6, 6.07) is 20.6. The number of aromatic nitrogens is 1. The molecule has 0 bridgehead atoms. The first-order chi connectivity index (χ1) is 17.1. The minimum absolute atomic E-state index is 0.128. The van der Waals surface area contributed by atoms with Crippen molar-refractivity contribution in [2.45, 2.75) is 39.7 Å². The van der Waals surface area contributed by atoms with Gasteiger partial charge >= 0.3 is 12.1 Å². The lowest BCUT2D eigenvalue weighted by molar-refractivity contribution is 0.0634. The van der Waals surface area contributed by atoms with Crippen molar-refractivity contribution >= 4 is 28.7 Å². The summed E-state index contributed by atoms with van der Waals surface area (Å²) in [6.45, 7) is 7.25. The molecule has 0 unspecified atom stereocenters. The van der Waals surface area contributed by atoms with Crippen molar-refractivity contribution in [1.29, 1.82) is 0 Å². The van der Waals surface area contributed by atoms with Gasteiger partial charge in [-0.25, -0.2) is 9.59 Å². The molecule has 3 aromatic carbocycles. The summed E-state index contributed by atoms with van der Waals surface area (Å²) < 4.78 is 12.7. The van der Waals surface area contributed by atoms with Crippen LogP contribution in [0.15, 0.2) is 66.7 Å². The van der Waals surface area contributed by atoms with Gasteiger partial charge in [-0.1, -0.05) is 48.5 Å². The van der Waals surface area contributed by atoms with Crippen molar-refractivity contribution in [2.75, 3.05) is 12.4 Å². The van der Waals surface area contributed by atoms with Gasteiger partial charge < -0.3 is 19.1 Å². The summed E-state index contributed by atoms with van der Waals surface area (Å²) in [5.74, 6) is -0.378. The molecule has 1 amide bonds. The molecule has 0 saturated carbocycles. The van der Waals surface area contributed by atoms with Gasteiger partial charge in [-0.2, -0.15) is 0 Å². The molecule has 0 aliphatic carbocycles. The number of nitrogens with zero attached hydrogens (tertiary/aromatic N) is 1. The zero-order valence-electron chi connectivity index (χ0n) is 21.1. The second-order valence-corrected chi connectivity index (χ2v) is 9.57. The van der Waals surface area contributed by atoms with Crippen molar-refractivity contribution in [2.24, 2.45) is 0 Å². The second kappa shape index (κ2) is 9.77. The second-order valence-electron chi connectivity index (χ2n) is 9.57. The first kappa shape index (κ1) is 24.9. The predicted octanol–water partition coefficient (Wildman–Crippen LogP) is 6.58. The fourth-order valence-electron chi connectivity index (χ4n) is 4.45. The van der Waals surface area contributed by atoms with Crippen LogP contribution in [0.3, 0.4) is 0 Å². The Bertz CT molecular complexity index is 1450. The van der Waals surface area contributed by atoms with Crippen LogP contribution in [-0.2, 0) is 11.2 Å². The minimum atomic E-state index is -1.07. The number of amides is 1. The van der Waals surface area contributed by atoms with E-state index in [1.807, 2.05) is 67.6 Å². The van der Waals surface area contributed by atoms with Gasteiger partial charge in [0.2, 0.25) is 0 Å². The highest BCUT2D eigenvalue weighted by atomic mass is 16.6. The lowest BCUT2D eigenvalue weighted by Gasteiger charge is -2.22. The summed E-state index contributed by atoms with van der Waals surface area (Å²) in [7, 11) is 1.60. The van der Waals surface area contributed by atoms with Crippen LogP contribution in [0.5, 0.6) is 5.75 Å². The monoisotopic (exact) mass is 486 g/mol. The van der Waals surface area contributed by atoms with Gasteiger partial charge in [0.05, 0.1) is 24.0 Å². The number of carbonyl (C=O) groups is 2. The van der Waals surface area contributed by atoms with Crippen molar-refractivity contribution in [3.8, 4) is 11.4 Å². The van der Waals surface area contributed by atoms with E-state index >= 15 is 0 Å². The van der Waals surface area contributed by atoms with E-state index in [1.165, 1.54) is 0 Å². The topological polar surface area (TPSA) is 89.8 Å². The fraction of sp³-hybridized carbons (Fsp3) is 0.241. The van der Waals surface area contributed by atoms with E-state index in [9.17, 15) is 14.7 Å². The van der Waals surface area contributed by atoms with E-state index in [4.69, 9.17) is 9.47 Å². The maximum atomic E-state index is 12.8. The molecule has 0 aliphatic rings. The Morgan fingerprint density at radius 2 is 1.67 bits per heavy atom. The molecule has 0 saturated heterocycles. The SMILES string of the molecule is COc1ccccc1Cc1c(C(=O)O)n(-c2c(C)cccc2NC(=O)OC(C)(C)C)c2ccccc12. The van der Waals surface area contributed by atoms with E-state index in [2.05, 4.69) is 5.32 Å². The highest BCUT2D eigenvalue weighted by molar-refractivity contribution is 6.01. The van der Waals surface area contributed by atoms with Crippen molar-refractivity contribution < 1.29 is 24.2 Å². The van der Waals surface area contributed by atoms with Crippen LogP contribution >= 0.6 is 0 Å². The van der Waals surface area contributed by atoms with Crippen LogP contribution in [0.1, 0.15) is 48.0 Å². The van der Waals surface area contributed by atoms with Gasteiger partial charge in [0.15, 0.2) is 0 Å². The van der Waals surface area contributed by atoms with E-state index in [0.717, 1.165) is 22.0 Å². The number of carboxylic acids is 1. The van der Waals surface area contributed by atoms with Crippen LogP contribution in [-0.4, -0.2) is 34.4 Å². The highest BCUT2D eigenvalue weighted by Gasteiger charge is 2.27. The summed E-state index contributed by atoms with van der Waals surface area (Å²) in [6.07, 6.45) is -0.253. The molecule has 0 radical (unpaired) electrons. The number of carboxylic acid groups (broad SMARTS) is 1. The molecule has 7 heteroatoms. The van der Waals surface area contributed by atoms with Crippen LogP contribution in [0.25, 0.3) is 16.6 Å². The Balaban J connectivity index is 1.96. The number of methoxy groups -OCH3 is 1. The van der Waals surface area contributed by atoms with E-state index < -0.39 is 17.7 Å². The maximum Gasteiger partial charge on any atom is 0.412 e. The van der Waals surface area contributed by atoms with E-state index in [1.54, 1.807) is 38.5 Å². The number of aromatic carboxylic acids is 1. The Labute approximate surface area is 210 Å². The van der Waals surface area contributed by atoms with Crippen LogP contribution < -0.4 is 10.1 Å². The van der Waals surface area contributed by atoms with Gasteiger partial charge in [0, 0.05) is 11.8 Å². The number of anilines is 1. The molecule has 1 aromatic heterocycles. The molecule has 4 rings (SSSR count). The van der Waals surface area contributed by atoms with Gasteiger partial charge in [0.1, 0.15) is 17.0 Å². The quantitative estimate of drug-likeness (QED) is 0.321. The summed E-state index contributed by atoms with van der Waals surface area (Å²) >= 11 is 0. The Morgan fingerprint density at radius 1 is 0.972 bits per heavy atom. The van der Waals surface area contributed by atoms with Gasteiger partial charge in [0.25, 0.3) is 0 Å². The zero-order valence-corrected chi connectivity index (χ0v) is 21.1. The van der Waals surface area contributed by atoms with E-state index in [0.29, 0.717) is 29.1 Å². The van der Waals surface area contributed by atoms with Crippen LogP contribution in [0.2, 0.25) is 0 Å². The fourth-order valence-corrected chi connectivity index (χ4v) is 4.45. The smallest absolute Gasteiger partial charge is 0.412 e. The number of hydrogen-bond acceptors (Lipinski definition) is 4.